The third-order valence-corrected chi connectivity index (χ3v) is 5.42. The molecule has 1 aromatic heterocycles. The van der Waals surface area contributed by atoms with Crippen LogP contribution in [0.3, 0.4) is 0 Å². The Morgan fingerprint density at radius 1 is 1.20 bits per heavy atom. The van der Waals surface area contributed by atoms with E-state index in [9.17, 15) is 0 Å². The number of allylic oxidation sites excluding steroid dienone is 2. The van der Waals surface area contributed by atoms with Gasteiger partial charge in [-0.1, -0.05) is 36.4 Å². The molecule has 0 saturated heterocycles. The predicted octanol–water partition coefficient (Wildman–Crippen LogP) is 2.82. The number of benzene rings is 1. The maximum atomic E-state index is 5.94. The van der Waals surface area contributed by atoms with Gasteiger partial charge in [0.15, 0.2) is 11.5 Å². The van der Waals surface area contributed by atoms with Crippen LogP contribution in [-0.2, 0) is 4.74 Å². The first kappa shape index (κ1) is 16.2. The quantitative estimate of drug-likeness (QED) is 0.773. The van der Waals surface area contributed by atoms with E-state index in [-0.39, 0.29) is 0 Å². The smallest absolute Gasteiger partial charge is 0.155 e. The first-order chi connectivity index (χ1) is 12.2. The largest absolute Gasteiger partial charge is 0.490 e. The minimum absolute atomic E-state index is 0.696. The summed E-state index contributed by atoms with van der Waals surface area (Å²) in [4.78, 5) is 2.16. The van der Waals surface area contributed by atoms with Crippen LogP contribution in [0, 0.1) is 9.75 Å². The Morgan fingerprint density at radius 3 is 2.96 bits per heavy atom. The van der Waals surface area contributed by atoms with Gasteiger partial charge in [0.05, 0.1) is 11.1 Å². The third kappa shape index (κ3) is 3.28. The lowest BCUT2D eigenvalue weighted by Gasteiger charge is -2.12. The summed E-state index contributed by atoms with van der Waals surface area (Å²) in [7, 11) is 4.14. The van der Waals surface area contributed by atoms with E-state index in [0.29, 0.717) is 6.61 Å². The van der Waals surface area contributed by atoms with Gasteiger partial charge in [0.25, 0.3) is 0 Å². The fraction of sp³-hybridized carbons (Fsp3) is 0.238. The molecular formula is C21H21NO2S. The highest BCUT2D eigenvalue weighted by Gasteiger charge is 2.15. The summed E-state index contributed by atoms with van der Waals surface area (Å²) in [5, 5.41) is 2.50. The third-order valence-electron chi connectivity index (χ3n) is 4.25. The van der Waals surface area contributed by atoms with Crippen molar-refractivity contribution in [1.82, 2.24) is 4.90 Å². The van der Waals surface area contributed by atoms with Crippen LogP contribution in [0.25, 0.3) is 18.2 Å². The Balaban J connectivity index is 1.70. The molecule has 2 heterocycles. The highest BCUT2D eigenvalue weighted by atomic mass is 32.1. The molecule has 0 radical (unpaired) electrons. The van der Waals surface area contributed by atoms with Crippen LogP contribution >= 0.6 is 11.3 Å². The fourth-order valence-electron chi connectivity index (χ4n) is 3.04. The van der Waals surface area contributed by atoms with E-state index >= 15 is 0 Å². The Bertz CT molecular complexity index is 1060. The summed E-state index contributed by atoms with van der Waals surface area (Å²) in [5.41, 5.74) is 1.15. The molecule has 3 nitrogen and oxygen atoms in total. The van der Waals surface area contributed by atoms with E-state index in [0.717, 1.165) is 34.6 Å². The van der Waals surface area contributed by atoms with Crippen LogP contribution in [-0.4, -0.2) is 32.1 Å². The van der Waals surface area contributed by atoms with Crippen LogP contribution in [0.4, 0.5) is 0 Å². The number of rotatable bonds is 5. The molecule has 128 valence electrons. The van der Waals surface area contributed by atoms with Gasteiger partial charge in [0, 0.05) is 22.7 Å². The molecule has 1 aliphatic carbocycles. The van der Waals surface area contributed by atoms with Crippen molar-refractivity contribution in [3.63, 3.8) is 0 Å². The number of fused-ring (bicyclic) bond motifs is 4. The molecule has 25 heavy (non-hydrogen) atoms. The number of hydrogen-bond donors (Lipinski definition) is 0. The molecule has 1 aliphatic heterocycles. The molecule has 4 heteroatoms. The maximum Gasteiger partial charge on any atom is 0.155 e. The van der Waals surface area contributed by atoms with Crippen molar-refractivity contribution in [2.24, 2.45) is 0 Å². The molecule has 4 rings (SSSR count). The van der Waals surface area contributed by atoms with Crippen molar-refractivity contribution in [3.05, 3.63) is 67.4 Å². The van der Waals surface area contributed by atoms with Crippen LogP contribution in [0.2, 0.25) is 0 Å². The maximum absolute atomic E-state index is 5.94. The molecule has 0 spiro atoms. The molecule has 0 bridgehead atoms. The van der Waals surface area contributed by atoms with E-state index < -0.39 is 0 Å². The first-order valence-corrected chi connectivity index (χ1v) is 9.31. The summed E-state index contributed by atoms with van der Waals surface area (Å²) in [6.07, 6.45) is 11.2. The average molecular weight is 351 g/mol. The number of thiophene rings is 1. The SMILES string of the molecule is CN(C)CCCOC1=COc2c3c(sc2=C1)=c1ccccc1=CC=C3. The molecule has 0 unspecified atom stereocenters. The molecule has 0 fully saturated rings. The zero-order chi connectivity index (χ0) is 17.2. The van der Waals surface area contributed by atoms with Crippen molar-refractivity contribution in [3.8, 4) is 5.75 Å². The Hall–Kier alpha value is -2.30. The highest BCUT2D eigenvalue weighted by Crippen LogP contribution is 2.26. The Labute approximate surface area is 151 Å². The van der Waals surface area contributed by atoms with Crippen LogP contribution < -0.4 is 14.5 Å². The van der Waals surface area contributed by atoms with Crippen molar-refractivity contribution in [1.29, 1.82) is 0 Å². The lowest BCUT2D eigenvalue weighted by Crippen LogP contribution is -2.15. The van der Waals surface area contributed by atoms with Crippen molar-refractivity contribution < 1.29 is 9.47 Å². The Morgan fingerprint density at radius 2 is 2.08 bits per heavy atom. The predicted molar refractivity (Wildman–Crippen MR) is 103 cm³/mol. The van der Waals surface area contributed by atoms with Gasteiger partial charge in [0.1, 0.15) is 6.26 Å². The Kier molecular flexibility index (Phi) is 4.47. The van der Waals surface area contributed by atoms with E-state index in [1.807, 2.05) is 0 Å². The standard InChI is InChI=1S/C21H21NO2S/c1-22(2)11-6-12-23-16-13-19-20(24-14-16)18-10-5-8-15-7-3-4-9-17(15)21(18)25-19/h3-5,7-10,13-14H,6,11-12H2,1-2H3. The van der Waals surface area contributed by atoms with E-state index in [4.69, 9.17) is 9.47 Å². The lowest BCUT2D eigenvalue weighted by molar-refractivity contribution is 0.202. The molecular weight excluding hydrogens is 330 g/mol. The monoisotopic (exact) mass is 351 g/mol. The van der Waals surface area contributed by atoms with Crippen molar-refractivity contribution in [2.75, 3.05) is 27.2 Å². The molecule has 2 aromatic rings. The summed E-state index contributed by atoms with van der Waals surface area (Å²) < 4.78 is 14.2. The topological polar surface area (TPSA) is 21.7 Å². The molecule has 0 N–H and O–H groups in total. The molecule has 0 atom stereocenters. The highest BCUT2D eigenvalue weighted by molar-refractivity contribution is 7.08. The summed E-state index contributed by atoms with van der Waals surface area (Å²) in [5.74, 6) is 1.73. The summed E-state index contributed by atoms with van der Waals surface area (Å²) >= 11 is 1.76. The first-order valence-electron chi connectivity index (χ1n) is 8.49. The van der Waals surface area contributed by atoms with Crippen LogP contribution in [0.15, 0.2) is 42.4 Å². The van der Waals surface area contributed by atoms with Gasteiger partial charge in [-0.25, -0.2) is 0 Å². The molecule has 0 amide bonds. The number of hydrogen-bond acceptors (Lipinski definition) is 4. The van der Waals surface area contributed by atoms with E-state index in [1.54, 1.807) is 17.6 Å². The van der Waals surface area contributed by atoms with Gasteiger partial charge in [-0.3, -0.25) is 0 Å². The second-order valence-electron chi connectivity index (χ2n) is 6.44. The fourth-order valence-corrected chi connectivity index (χ4v) is 4.25. The second-order valence-corrected chi connectivity index (χ2v) is 7.49. The molecule has 1 aromatic carbocycles. The zero-order valence-corrected chi connectivity index (χ0v) is 15.3. The minimum Gasteiger partial charge on any atom is -0.490 e. The van der Waals surface area contributed by atoms with Gasteiger partial charge in [-0.05, 0) is 37.0 Å². The number of ether oxygens (including phenoxy) is 2. The summed E-state index contributed by atoms with van der Waals surface area (Å²) in [6, 6.07) is 8.48. The van der Waals surface area contributed by atoms with Crippen LogP contribution in [0.1, 0.15) is 12.0 Å². The molecule has 2 aliphatic rings. The average Bonchev–Trinajstić information content (AvgIpc) is 2.87. The van der Waals surface area contributed by atoms with Crippen LogP contribution in [0.5, 0.6) is 5.75 Å². The summed E-state index contributed by atoms with van der Waals surface area (Å²) in [6.45, 7) is 1.72. The molecule has 0 saturated carbocycles. The number of nitrogens with zero attached hydrogens (tertiary/aromatic N) is 1. The van der Waals surface area contributed by atoms with E-state index in [1.165, 1.54) is 15.0 Å². The second kappa shape index (κ2) is 6.90. The minimum atomic E-state index is 0.696. The normalized spacial score (nSPS) is 14.3. The van der Waals surface area contributed by atoms with Gasteiger partial charge in [-0.15, -0.1) is 11.3 Å². The lowest BCUT2D eigenvalue weighted by atomic mass is 10.2. The van der Waals surface area contributed by atoms with Crippen molar-refractivity contribution >= 4 is 29.6 Å². The van der Waals surface area contributed by atoms with Gasteiger partial charge >= 0.3 is 0 Å². The zero-order valence-electron chi connectivity index (χ0n) is 14.5. The van der Waals surface area contributed by atoms with Crippen molar-refractivity contribution in [2.45, 2.75) is 6.42 Å². The van der Waals surface area contributed by atoms with Gasteiger partial charge < -0.3 is 14.4 Å². The van der Waals surface area contributed by atoms with Gasteiger partial charge in [-0.2, -0.15) is 0 Å². The van der Waals surface area contributed by atoms with Gasteiger partial charge in [0.2, 0.25) is 0 Å². The van der Waals surface area contributed by atoms with E-state index in [2.05, 4.69) is 67.6 Å².